The van der Waals surface area contributed by atoms with Crippen molar-refractivity contribution in [2.24, 2.45) is 4.99 Å². The smallest absolute Gasteiger partial charge is 0.325 e. The monoisotopic (exact) mass is 520 g/mol. The van der Waals surface area contributed by atoms with E-state index >= 15 is 0 Å². The average Bonchev–Trinajstić information content (AvgIpc) is 3.20. The molecule has 10 heteroatoms. The predicted molar refractivity (Wildman–Crippen MR) is 122 cm³/mol. The molecule has 3 amide bonds. The third-order valence-electron chi connectivity index (χ3n) is 5.17. The molecule has 0 bridgehead atoms. The lowest BCUT2D eigenvalue weighted by molar-refractivity contribution is -0.130. The number of urea groups is 1. The fourth-order valence-electron chi connectivity index (χ4n) is 3.16. The molecule has 1 atom stereocenters. The Morgan fingerprint density at radius 1 is 1.24 bits per heavy atom. The summed E-state index contributed by atoms with van der Waals surface area (Å²) >= 11 is 0. The molecule has 2 rings (SSSR count). The van der Waals surface area contributed by atoms with E-state index in [9.17, 15) is 9.59 Å². The number of guanidine groups is 1. The molecular weight excluding hydrogens is 487 g/mol. The Labute approximate surface area is 189 Å². The standard InChI is InChI=1S/C19H32N6O3.HI/c1-6-14-13(15(7-2)28-24-14)12-22-17(20-5)21-10-9-11-25-16(26)19(4,8-3)23-18(25)27;/h6-12H2,1-5H3,(H,23,27)(H2,20,21,22);1H. The first kappa shape index (κ1) is 25.2. The third kappa shape index (κ3) is 5.83. The van der Waals surface area contributed by atoms with Gasteiger partial charge >= 0.3 is 6.03 Å². The van der Waals surface area contributed by atoms with Crippen molar-refractivity contribution in [2.75, 3.05) is 20.1 Å². The number of aryl methyl sites for hydroxylation is 2. The number of hydrogen-bond acceptors (Lipinski definition) is 5. The van der Waals surface area contributed by atoms with Gasteiger partial charge in [0.1, 0.15) is 11.3 Å². The van der Waals surface area contributed by atoms with Crippen molar-refractivity contribution in [1.29, 1.82) is 0 Å². The topological polar surface area (TPSA) is 112 Å². The SMILES string of the molecule is CCc1noc(CC)c1CNC(=NC)NCCCN1C(=O)NC(C)(CC)C1=O.I. The van der Waals surface area contributed by atoms with Crippen molar-refractivity contribution in [3.8, 4) is 0 Å². The number of aliphatic imine (C=N–C) groups is 1. The fraction of sp³-hybridized carbons (Fsp3) is 0.684. The number of rotatable bonds is 9. The van der Waals surface area contributed by atoms with Crippen LogP contribution in [0.3, 0.4) is 0 Å². The van der Waals surface area contributed by atoms with E-state index in [-0.39, 0.29) is 35.9 Å². The highest BCUT2D eigenvalue weighted by Crippen LogP contribution is 2.20. The van der Waals surface area contributed by atoms with Crippen molar-refractivity contribution in [3.63, 3.8) is 0 Å². The van der Waals surface area contributed by atoms with Gasteiger partial charge < -0.3 is 20.5 Å². The molecule has 29 heavy (non-hydrogen) atoms. The largest absolute Gasteiger partial charge is 0.361 e. The molecular formula is C19H33IN6O3. The first-order valence-electron chi connectivity index (χ1n) is 9.95. The van der Waals surface area contributed by atoms with Crippen molar-refractivity contribution >= 4 is 41.9 Å². The number of nitrogens with zero attached hydrogens (tertiary/aromatic N) is 3. The molecule has 164 valence electrons. The van der Waals surface area contributed by atoms with E-state index in [0.717, 1.165) is 29.9 Å². The summed E-state index contributed by atoms with van der Waals surface area (Å²) in [5, 5.41) is 13.4. The maximum Gasteiger partial charge on any atom is 0.325 e. The van der Waals surface area contributed by atoms with E-state index < -0.39 is 5.54 Å². The molecule has 0 saturated carbocycles. The molecule has 3 N–H and O–H groups in total. The van der Waals surface area contributed by atoms with Gasteiger partial charge in [0.15, 0.2) is 5.96 Å². The van der Waals surface area contributed by atoms with Gasteiger partial charge in [0.2, 0.25) is 0 Å². The minimum absolute atomic E-state index is 0. The van der Waals surface area contributed by atoms with Crippen LogP contribution in [-0.2, 0) is 24.2 Å². The van der Waals surface area contributed by atoms with Gasteiger partial charge in [-0.15, -0.1) is 24.0 Å². The van der Waals surface area contributed by atoms with Gasteiger partial charge in [-0.2, -0.15) is 0 Å². The number of carbonyl (C=O) groups is 2. The Kier molecular flexibility index (Phi) is 9.87. The molecule has 2 heterocycles. The van der Waals surface area contributed by atoms with Crippen LogP contribution in [0.5, 0.6) is 0 Å². The van der Waals surface area contributed by atoms with Crippen LogP contribution in [0.15, 0.2) is 9.52 Å². The molecule has 9 nitrogen and oxygen atoms in total. The molecule has 1 unspecified atom stereocenters. The lowest BCUT2D eigenvalue weighted by atomic mass is 9.99. The number of aromatic nitrogens is 1. The maximum atomic E-state index is 12.4. The highest BCUT2D eigenvalue weighted by molar-refractivity contribution is 14.0. The molecule has 0 spiro atoms. The number of imide groups is 1. The van der Waals surface area contributed by atoms with Crippen LogP contribution in [0.1, 0.15) is 57.6 Å². The van der Waals surface area contributed by atoms with E-state index in [2.05, 4.69) is 26.1 Å². The van der Waals surface area contributed by atoms with Crippen LogP contribution in [0, 0.1) is 0 Å². The van der Waals surface area contributed by atoms with Crippen molar-refractivity contribution in [3.05, 3.63) is 17.0 Å². The van der Waals surface area contributed by atoms with Gasteiger partial charge in [-0.1, -0.05) is 25.9 Å². The number of halogens is 1. The molecule has 1 aliphatic heterocycles. The van der Waals surface area contributed by atoms with E-state index in [0.29, 0.717) is 38.4 Å². The second-order valence-electron chi connectivity index (χ2n) is 7.02. The minimum atomic E-state index is -0.783. The van der Waals surface area contributed by atoms with Crippen LogP contribution in [0.2, 0.25) is 0 Å². The van der Waals surface area contributed by atoms with Crippen LogP contribution in [-0.4, -0.2) is 53.6 Å². The highest BCUT2D eigenvalue weighted by atomic mass is 127. The molecule has 0 aliphatic carbocycles. The zero-order chi connectivity index (χ0) is 20.7. The zero-order valence-corrected chi connectivity index (χ0v) is 20.3. The summed E-state index contributed by atoms with van der Waals surface area (Å²) in [4.78, 5) is 29.9. The van der Waals surface area contributed by atoms with Crippen LogP contribution in [0.4, 0.5) is 4.79 Å². The molecule has 1 fully saturated rings. The second-order valence-corrected chi connectivity index (χ2v) is 7.02. The predicted octanol–water partition coefficient (Wildman–Crippen LogP) is 2.19. The number of nitrogens with one attached hydrogen (secondary N) is 3. The van der Waals surface area contributed by atoms with E-state index in [4.69, 9.17) is 4.52 Å². The van der Waals surface area contributed by atoms with Gasteiger partial charge in [0.25, 0.3) is 5.91 Å². The lowest BCUT2D eigenvalue weighted by Crippen LogP contribution is -2.43. The first-order valence-corrected chi connectivity index (χ1v) is 9.95. The Morgan fingerprint density at radius 2 is 1.97 bits per heavy atom. The van der Waals surface area contributed by atoms with Crippen LogP contribution < -0.4 is 16.0 Å². The number of carbonyl (C=O) groups excluding carboxylic acids is 2. The summed E-state index contributed by atoms with van der Waals surface area (Å²) in [5.74, 6) is 1.38. The van der Waals surface area contributed by atoms with Gasteiger partial charge in [0, 0.05) is 38.7 Å². The Balaban J connectivity index is 0.00000420. The first-order chi connectivity index (χ1) is 13.4. The fourth-order valence-corrected chi connectivity index (χ4v) is 3.16. The van der Waals surface area contributed by atoms with Crippen molar-refractivity contribution in [1.82, 2.24) is 26.0 Å². The number of hydrogen-bond donors (Lipinski definition) is 3. The van der Waals surface area contributed by atoms with Crippen LogP contribution in [0.25, 0.3) is 0 Å². The maximum absolute atomic E-state index is 12.4. The van der Waals surface area contributed by atoms with Crippen LogP contribution >= 0.6 is 24.0 Å². The summed E-state index contributed by atoms with van der Waals surface area (Å²) in [6.07, 6.45) is 2.81. The van der Waals surface area contributed by atoms with Gasteiger partial charge in [-0.25, -0.2) is 4.79 Å². The molecule has 0 aromatic carbocycles. The summed E-state index contributed by atoms with van der Waals surface area (Å²) in [6, 6.07) is -0.316. The average molecular weight is 520 g/mol. The van der Waals surface area contributed by atoms with Gasteiger partial charge in [0.05, 0.1) is 5.69 Å². The van der Waals surface area contributed by atoms with Crippen molar-refractivity contribution in [2.45, 2.75) is 65.5 Å². The Hall–Kier alpha value is -1.85. The quantitative estimate of drug-likeness (QED) is 0.151. The molecule has 1 aromatic heterocycles. The Bertz CT molecular complexity index is 714. The van der Waals surface area contributed by atoms with Gasteiger partial charge in [-0.05, 0) is 26.2 Å². The van der Waals surface area contributed by atoms with E-state index in [1.165, 1.54) is 4.90 Å². The van der Waals surface area contributed by atoms with Gasteiger partial charge in [-0.3, -0.25) is 14.7 Å². The normalized spacial score (nSPS) is 19.2. The Morgan fingerprint density at radius 3 is 2.52 bits per heavy atom. The number of amides is 3. The molecule has 1 aliphatic rings. The zero-order valence-electron chi connectivity index (χ0n) is 17.9. The molecule has 1 aromatic rings. The molecule has 0 radical (unpaired) electrons. The lowest BCUT2D eigenvalue weighted by Gasteiger charge is -2.19. The summed E-state index contributed by atoms with van der Waals surface area (Å²) in [5.41, 5.74) is 1.25. The van der Waals surface area contributed by atoms with E-state index in [1.54, 1.807) is 14.0 Å². The van der Waals surface area contributed by atoms with Crippen molar-refractivity contribution < 1.29 is 14.1 Å². The summed E-state index contributed by atoms with van der Waals surface area (Å²) in [7, 11) is 1.70. The molecule has 1 saturated heterocycles. The summed E-state index contributed by atoms with van der Waals surface area (Å²) in [6.45, 7) is 9.28. The highest BCUT2D eigenvalue weighted by Gasteiger charge is 2.45. The third-order valence-corrected chi connectivity index (χ3v) is 5.17. The van der Waals surface area contributed by atoms with E-state index in [1.807, 2.05) is 20.8 Å². The second kappa shape index (κ2) is 11.4. The summed E-state index contributed by atoms with van der Waals surface area (Å²) < 4.78 is 5.38. The minimum Gasteiger partial charge on any atom is -0.361 e.